The molecule has 0 saturated heterocycles. The lowest BCUT2D eigenvalue weighted by Crippen LogP contribution is -2.37. The molecule has 0 spiro atoms. The maximum absolute atomic E-state index is 5.88. The van der Waals surface area contributed by atoms with E-state index >= 15 is 0 Å². The number of benzene rings is 1. The first-order chi connectivity index (χ1) is 12.7. The van der Waals surface area contributed by atoms with Crippen molar-refractivity contribution in [3.8, 4) is 11.4 Å². The molecule has 8 nitrogen and oxygen atoms in total. The van der Waals surface area contributed by atoms with Crippen LogP contribution in [0.3, 0.4) is 0 Å². The topological polar surface area (TPSA) is 93.8 Å². The second kappa shape index (κ2) is 13.7. The standard InChI is InChI=1S/C17H24ClN5O3.HI/c1-19-17(20-8-3-9-25-11-10-24-2)21-12-15-22-16(23-26-15)13-4-6-14(18)7-5-13;/h4-7H,3,8-12H2,1-2H3,(H2,19,20,21);1H. The van der Waals surface area contributed by atoms with Crippen LogP contribution in [-0.4, -0.2) is 56.6 Å². The van der Waals surface area contributed by atoms with Crippen LogP contribution >= 0.6 is 35.6 Å². The molecule has 150 valence electrons. The molecule has 2 rings (SSSR count). The minimum absolute atomic E-state index is 0. The van der Waals surface area contributed by atoms with Gasteiger partial charge in [0.05, 0.1) is 19.8 Å². The van der Waals surface area contributed by atoms with E-state index in [-0.39, 0.29) is 24.0 Å². The van der Waals surface area contributed by atoms with E-state index in [0.29, 0.717) is 49.1 Å². The fourth-order valence-corrected chi connectivity index (χ4v) is 2.17. The van der Waals surface area contributed by atoms with Crippen LogP contribution in [0.25, 0.3) is 11.4 Å². The largest absolute Gasteiger partial charge is 0.382 e. The van der Waals surface area contributed by atoms with Gasteiger partial charge in [0.15, 0.2) is 5.96 Å². The van der Waals surface area contributed by atoms with E-state index in [4.69, 9.17) is 25.6 Å². The SMILES string of the molecule is CN=C(NCCCOCCOC)NCc1nc(-c2ccc(Cl)cc2)no1.I. The minimum Gasteiger partial charge on any atom is -0.382 e. The van der Waals surface area contributed by atoms with Crippen molar-refractivity contribution in [2.75, 3.05) is 40.5 Å². The summed E-state index contributed by atoms with van der Waals surface area (Å²) in [5.74, 6) is 1.66. The monoisotopic (exact) mass is 509 g/mol. The van der Waals surface area contributed by atoms with Gasteiger partial charge in [-0.05, 0) is 30.7 Å². The Labute approximate surface area is 181 Å². The van der Waals surface area contributed by atoms with Gasteiger partial charge in [-0.2, -0.15) is 4.98 Å². The molecule has 1 aromatic carbocycles. The van der Waals surface area contributed by atoms with Crippen LogP contribution in [0.2, 0.25) is 5.02 Å². The Morgan fingerprint density at radius 2 is 1.96 bits per heavy atom. The van der Waals surface area contributed by atoms with Crippen molar-refractivity contribution in [3.05, 3.63) is 35.2 Å². The molecular weight excluding hydrogens is 485 g/mol. The van der Waals surface area contributed by atoms with Crippen molar-refractivity contribution < 1.29 is 14.0 Å². The highest BCUT2D eigenvalue weighted by atomic mass is 127. The number of aliphatic imine (C=N–C) groups is 1. The van der Waals surface area contributed by atoms with Gasteiger partial charge in [0.1, 0.15) is 0 Å². The second-order valence-electron chi connectivity index (χ2n) is 5.33. The zero-order valence-electron chi connectivity index (χ0n) is 15.4. The van der Waals surface area contributed by atoms with Gasteiger partial charge in [0.25, 0.3) is 0 Å². The van der Waals surface area contributed by atoms with Crippen LogP contribution in [0.15, 0.2) is 33.8 Å². The zero-order chi connectivity index (χ0) is 18.6. The molecule has 0 saturated carbocycles. The molecule has 2 N–H and O–H groups in total. The molecule has 27 heavy (non-hydrogen) atoms. The molecule has 1 heterocycles. The van der Waals surface area contributed by atoms with Gasteiger partial charge in [-0.3, -0.25) is 4.99 Å². The van der Waals surface area contributed by atoms with Crippen LogP contribution in [0.1, 0.15) is 12.3 Å². The van der Waals surface area contributed by atoms with Gasteiger partial charge in [0.2, 0.25) is 11.7 Å². The number of methoxy groups -OCH3 is 1. The van der Waals surface area contributed by atoms with Gasteiger partial charge < -0.3 is 24.6 Å². The molecule has 1 aromatic heterocycles. The van der Waals surface area contributed by atoms with Crippen LogP contribution in [0.4, 0.5) is 0 Å². The summed E-state index contributed by atoms with van der Waals surface area (Å²) >= 11 is 5.88. The number of halogens is 2. The molecule has 0 bridgehead atoms. The second-order valence-corrected chi connectivity index (χ2v) is 5.77. The highest BCUT2D eigenvalue weighted by molar-refractivity contribution is 14.0. The molecule has 0 aliphatic heterocycles. The van der Waals surface area contributed by atoms with Gasteiger partial charge in [-0.15, -0.1) is 24.0 Å². The first kappa shape index (κ1) is 23.6. The molecule has 0 aliphatic rings. The van der Waals surface area contributed by atoms with E-state index in [1.54, 1.807) is 26.3 Å². The highest BCUT2D eigenvalue weighted by Crippen LogP contribution is 2.18. The summed E-state index contributed by atoms with van der Waals surface area (Å²) in [5, 5.41) is 11.0. The molecule has 10 heteroatoms. The summed E-state index contributed by atoms with van der Waals surface area (Å²) in [6, 6.07) is 7.27. The summed E-state index contributed by atoms with van der Waals surface area (Å²) in [6.07, 6.45) is 0.867. The fourth-order valence-electron chi connectivity index (χ4n) is 2.05. The number of hydrogen-bond acceptors (Lipinski definition) is 6. The Morgan fingerprint density at radius 1 is 1.19 bits per heavy atom. The lowest BCUT2D eigenvalue weighted by Gasteiger charge is -2.10. The van der Waals surface area contributed by atoms with E-state index in [1.807, 2.05) is 12.1 Å². The summed E-state index contributed by atoms with van der Waals surface area (Å²) in [6.45, 7) is 3.01. The summed E-state index contributed by atoms with van der Waals surface area (Å²) in [4.78, 5) is 8.51. The van der Waals surface area contributed by atoms with E-state index in [1.165, 1.54) is 0 Å². The predicted octanol–water partition coefficient (Wildman–Crippen LogP) is 2.73. The molecule has 0 unspecified atom stereocenters. The third kappa shape index (κ3) is 8.87. The van der Waals surface area contributed by atoms with Gasteiger partial charge >= 0.3 is 0 Å². The van der Waals surface area contributed by atoms with Crippen LogP contribution in [0, 0.1) is 0 Å². The number of aromatic nitrogens is 2. The maximum Gasteiger partial charge on any atom is 0.246 e. The summed E-state index contributed by atoms with van der Waals surface area (Å²) in [7, 11) is 3.36. The number of hydrogen-bond donors (Lipinski definition) is 2. The quantitative estimate of drug-likeness (QED) is 0.220. The molecule has 0 atom stereocenters. The molecule has 0 amide bonds. The molecule has 0 radical (unpaired) electrons. The van der Waals surface area contributed by atoms with Crippen LogP contribution in [0.5, 0.6) is 0 Å². The molecule has 0 fully saturated rings. The van der Waals surface area contributed by atoms with Crippen LogP contribution < -0.4 is 10.6 Å². The van der Waals surface area contributed by atoms with E-state index in [9.17, 15) is 0 Å². The summed E-state index contributed by atoms with van der Waals surface area (Å²) in [5.41, 5.74) is 0.848. The third-order valence-corrected chi connectivity index (χ3v) is 3.64. The molecular formula is C17H25ClIN5O3. The van der Waals surface area contributed by atoms with Crippen molar-refractivity contribution in [2.24, 2.45) is 4.99 Å². The van der Waals surface area contributed by atoms with Crippen molar-refractivity contribution in [3.63, 3.8) is 0 Å². The van der Waals surface area contributed by atoms with E-state index in [0.717, 1.165) is 18.5 Å². The van der Waals surface area contributed by atoms with Crippen LogP contribution in [-0.2, 0) is 16.0 Å². The first-order valence-electron chi connectivity index (χ1n) is 8.32. The smallest absolute Gasteiger partial charge is 0.246 e. The molecule has 0 aliphatic carbocycles. The number of nitrogens with one attached hydrogen (secondary N) is 2. The predicted molar refractivity (Wildman–Crippen MR) is 116 cm³/mol. The fraction of sp³-hybridized carbons (Fsp3) is 0.471. The lowest BCUT2D eigenvalue weighted by molar-refractivity contribution is 0.0698. The zero-order valence-corrected chi connectivity index (χ0v) is 18.5. The Kier molecular flexibility index (Phi) is 12.0. The highest BCUT2D eigenvalue weighted by Gasteiger charge is 2.09. The lowest BCUT2D eigenvalue weighted by atomic mass is 10.2. The molecule has 2 aromatic rings. The first-order valence-corrected chi connectivity index (χ1v) is 8.70. The van der Waals surface area contributed by atoms with Gasteiger partial charge in [0, 0.05) is 37.9 Å². The Hall–Kier alpha value is -1.43. The minimum atomic E-state index is 0. The van der Waals surface area contributed by atoms with Crippen molar-refractivity contribution >= 4 is 41.5 Å². The Bertz CT molecular complexity index is 681. The Balaban J connectivity index is 0.00000364. The maximum atomic E-state index is 5.88. The number of rotatable bonds is 10. The third-order valence-electron chi connectivity index (χ3n) is 3.39. The van der Waals surface area contributed by atoms with Gasteiger partial charge in [-0.25, -0.2) is 0 Å². The van der Waals surface area contributed by atoms with E-state index in [2.05, 4.69) is 25.8 Å². The average molecular weight is 510 g/mol. The number of ether oxygens (including phenoxy) is 2. The number of nitrogens with zero attached hydrogens (tertiary/aromatic N) is 3. The number of guanidine groups is 1. The van der Waals surface area contributed by atoms with Crippen molar-refractivity contribution in [2.45, 2.75) is 13.0 Å². The van der Waals surface area contributed by atoms with Crippen molar-refractivity contribution in [1.82, 2.24) is 20.8 Å². The normalized spacial score (nSPS) is 11.1. The summed E-state index contributed by atoms with van der Waals surface area (Å²) < 4.78 is 15.6. The van der Waals surface area contributed by atoms with Gasteiger partial charge in [-0.1, -0.05) is 16.8 Å². The van der Waals surface area contributed by atoms with E-state index < -0.39 is 0 Å². The average Bonchev–Trinajstić information content (AvgIpc) is 3.13. The van der Waals surface area contributed by atoms with Crippen molar-refractivity contribution in [1.29, 1.82) is 0 Å². The Morgan fingerprint density at radius 3 is 2.67 bits per heavy atom.